The van der Waals surface area contributed by atoms with E-state index in [4.69, 9.17) is 9.47 Å². The lowest BCUT2D eigenvalue weighted by atomic mass is 10.1. The summed E-state index contributed by atoms with van der Waals surface area (Å²) in [7, 11) is 5.28. The monoisotopic (exact) mass is 265 g/mol. The van der Waals surface area contributed by atoms with E-state index in [0.29, 0.717) is 13.0 Å². The van der Waals surface area contributed by atoms with Gasteiger partial charge < -0.3 is 14.4 Å². The van der Waals surface area contributed by atoms with Gasteiger partial charge in [-0.15, -0.1) is 0 Å². The summed E-state index contributed by atoms with van der Waals surface area (Å²) in [4.78, 5) is 13.1. The molecule has 0 saturated heterocycles. The molecule has 0 atom stereocenters. The molecular formula is C15H23NO3. The van der Waals surface area contributed by atoms with Gasteiger partial charge in [-0.25, -0.2) is 0 Å². The number of rotatable bonds is 6. The Balaban J connectivity index is 3.17. The number of hydrogen-bond donors (Lipinski definition) is 0. The highest BCUT2D eigenvalue weighted by atomic mass is 16.5. The first-order valence-corrected chi connectivity index (χ1v) is 6.35. The number of ketones is 1. The van der Waals surface area contributed by atoms with E-state index in [2.05, 4.69) is 0 Å². The summed E-state index contributed by atoms with van der Waals surface area (Å²) in [6.45, 7) is 6.29. The van der Waals surface area contributed by atoms with Crippen molar-refractivity contribution in [1.29, 1.82) is 0 Å². The predicted octanol–water partition coefficient (Wildman–Crippen LogP) is 2.74. The summed E-state index contributed by atoms with van der Waals surface area (Å²) in [6, 6.07) is 1.96. The van der Waals surface area contributed by atoms with Crippen LogP contribution in [-0.4, -0.2) is 33.6 Å². The van der Waals surface area contributed by atoms with Gasteiger partial charge in [-0.1, -0.05) is 0 Å². The zero-order valence-corrected chi connectivity index (χ0v) is 12.7. The van der Waals surface area contributed by atoms with Crippen LogP contribution in [0.1, 0.15) is 24.5 Å². The number of nitrogens with zero attached hydrogens (tertiary/aromatic N) is 1. The van der Waals surface area contributed by atoms with E-state index < -0.39 is 0 Å². The van der Waals surface area contributed by atoms with Crippen LogP contribution in [0, 0.1) is 13.8 Å². The second-order valence-electron chi connectivity index (χ2n) is 4.75. The maximum Gasteiger partial charge on any atom is 0.145 e. The fourth-order valence-corrected chi connectivity index (χ4v) is 2.04. The molecule has 0 aromatic heterocycles. The normalized spacial score (nSPS) is 10.2. The zero-order chi connectivity index (χ0) is 14.6. The van der Waals surface area contributed by atoms with Crippen LogP contribution in [0.3, 0.4) is 0 Å². The first-order valence-electron chi connectivity index (χ1n) is 6.35. The van der Waals surface area contributed by atoms with E-state index >= 15 is 0 Å². The molecule has 0 bridgehead atoms. The number of methoxy groups -OCH3 is 2. The molecule has 1 aromatic carbocycles. The molecule has 0 fully saturated rings. The van der Waals surface area contributed by atoms with E-state index in [0.717, 1.165) is 28.3 Å². The molecule has 0 amide bonds. The second-order valence-corrected chi connectivity index (χ2v) is 4.75. The lowest BCUT2D eigenvalue weighted by molar-refractivity contribution is -0.116. The number of benzene rings is 1. The number of carbonyl (C=O) groups is 1. The number of ether oxygens (including phenoxy) is 2. The summed E-state index contributed by atoms with van der Waals surface area (Å²) in [5, 5.41) is 0. The Kier molecular flexibility index (Phi) is 5.21. The van der Waals surface area contributed by atoms with Crippen molar-refractivity contribution in [2.75, 3.05) is 32.7 Å². The van der Waals surface area contributed by atoms with E-state index in [9.17, 15) is 4.79 Å². The number of carbonyl (C=O) groups excluding carboxylic acids is 1. The highest BCUT2D eigenvalue weighted by Crippen LogP contribution is 2.38. The molecule has 0 spiro atoms. The molecule has 0 saturated carbocycles. The highest BCUT2D eigenvalue weighted by Gasteiger charge is 2.16. The minimum absolute atomic E-state index is 0.182. The zero-order valence-electron chi connectivity index (χ0n) is 12.7. The molecule has 4 heteroatoms. The summed E-state index contributed by atoms with van der Waals surface area (Å²) >= 11 is 0. The molecule has 0 aliphatic carbocycles. The second kappa shape index (κ2) is 6.45. The van der Waals surface area contributed by atoms with Crippen LogP contribution in [0.2, 0.25) is 0 Å². The smallest absolute Gasteiger partial charge is 0.145 e. The van der Waals surface area contributed by atoms with Crippen LogP contribution in [-0.2, 0) is 4.79 Å². The Bertz CT molecular complexity index is 469. The molecular weight excluding hydrogens is 242 g/mol. The maximum atomic E-state index is 11.1. The molecule has 0 heterocycles. The fraction of sp³-hybridized carbons (Fsp3) is 0.533. The van der Waals surface area contributed by atoms with Crippen LogP contribution in [0.4, 0.5) is 5.69 Å². The van der Waals surface area contributed by atoms with Gasteiger partial charge in [0.05, 0.1) is 19.9 Å². The standard InChI is InChI=1S/C15H23NO3/c1-10(17)7-8-16(4)13-9-14(18-5)11(2)12(3)15(13)19-6/h9H,7-8H2,1-6H3. The summed E-state index contributed by atoms with van der Waals surface area (Å²) in [5.41, 5.74) is 3.08. The minimum Gasteiger partial charge on any atom is -0.496 e. The Morgan fingerprint density at radius 2 is 1.84 bits per heavy atom. The van der Waals surface area contributed by atoms with Gasteiger partial charge in [0.15, 0.2) is 0 Å². The van der Waals surface area contributed by atoms with E-state index in [1.165, 1.54) is 0 Å². The number of hydrogen-bond acceptors (Lipinski definition) is 4. The third kappa shape index (κ3) is 3.40. The summed E-state index contributed by atoms with van der Waals surface area (Å²) in [5.74, 6) is 1.86. The van der Waals surface area contributed by atoms with Crippen LogP contribution >= 0.6 is 0 Å². The molecule has 106 valence electrons. The van der Waals surface area contributed by atoms with E-state index in [-0.39, 0.29) is 5.78 Å². The van der Waals surface area contributed by atoms with Gasteiger partial charge >= 0.3 is 0 Å². The maximum absolute atomic E-state index is 11.1. The quantitative estimate of drug-likeness (QED) is 0.792. The van der Waals surface area contributed by atoms with Crippen LogP contribution < -0.4 is 14.4 Å². The molecule has 19 heavy (non-hydrogen) atoms. The van der Waals surface area contributed by atoms with Gasteiger partial charge in [0.1, 0.15) is 17.3 Å². The van der Waals surface area contributed by atoms with Gasteiger partial charge in [-0.2, -0.15) is 0 Å². The van der Waals surface area contributed by atoms with Crippen molar-refractivity contribution in [3.8, 4) is 11.5 Å². The number of anilines is 1. The molecule has 0 radical (unpaired) electrons. The Morgan fingerprint density at radius 3 is 2.32 bits per heavy atom. The van der Waals surface area contributed by atoms with Gasteiger partial charge in [0, 0.05) is 26.1 Å². The summed E-state index contributed by atoms with van der Waals surface area (Å²) in [6.07, 6.45) is 0.523. The largest absolute Gasteiger partial charge is 0.496 e. The SMILES string of the molecule is COc1cc(N(C)CCC(C)=O)c(OC)c(C)c1C. The third-order valence-electron chi connectivity index (χ3n) is 3.41. The Labute approximate surface area is 115 Å². The first kappa shape index (κ1) is 15.3. The van der Waals surface area contributed by atoms with Crippen molar-refractivity contribution in [1.82, 2.24) is 0 Å². The lowest BCUT2D eigenvalue weighted by Gasteiger charge is -2.24. The van der Waals surface area contributed by atoms with Crippen molar-refractivity contribution >= 4 is 11.5 Å². The van der Waals surface area contributed by atoms with Crippen molar-refractivity contribution in [2.24, 2.45) is 0 Å². The van der Waals surface area contributed by atoms with Crippen molar-refractivity contribution in [2.45, 2.75) is 27.2 Å². The van der Waals surface area contributed by atoms with Crippen molar-refractivity contribution < 1.29 is 14.3 Å². The average molecular weight is 265 g/mol. The van der Waals surface area contributed by atoms with Crippen LogP contribution in [0.25, 0.3) is 0 Å². The average Bonchev–Trinajstić information content (AvgIpc) is 2.38. The Morgan fingerprint density at radius 1 is 1.21 bits per heavy atom. The molecule has 0 unspecified atom stereocenters. The van der Waals surface area contributed by atoms with E-state index in [1.807, 2.05) is 31.9 Å². The lowest BCUT2D eigenvalue weighted by Crippen LogP contribution is -2.21. The highest BCUT2D eigenvalue weighted by molar-refractivity contribution is 5.76. The fourth-order valence-electron chi connectivity index (χ4n) is 2.04. The molecule has 4 nitrogen and oxygen atoms in total. The molecule has 0 aliphatic heterocycles. The van der Waals surface area contributed by atoms with Crippen LogP contribution in [0.5, 0.6) is 11.5 Å². The molecule has 0 N–H and O–H groups in total. The Hall–Kier alpha value is -1.71. The topological polar surface area (TPSA) is 38.8 Å². The molecule has 1 rings (SSSR count). The van der Waals surface area contributed by atoms with Crippen molar-refractivity contribution in [3.63, 3.8) is 0 Å². The molecule has 1 aromatic rings. The van der Waals surface area contributed by atoms with Gasteiger partial charge in [-0.05, 0) is 31.9 Å². The van der Waals surface area contributed by atoms with E-state index in [1.54, 1.807) is 21.1 Å². The molecule has 0 aliphatic rings. The van der Waals surface area contributed by atoms with Gasteiger partial charge in [0.2, 0.25) is 0 Å². The predicted molar refractivity (Wildman–Crippen MR) is 77.6 cm³/mol. The number of Topliss-reactive ketones (excluding diaryl/α,β-unsaturated/α-hetero) is 1. The van der Waals surface area contributed by atoms with Gasteiger partial charge in [-0.3, -0.25) is 4.79 Å². The summed E-state index contributed by atoms with van der Waals surface area (Å²) < 4.78 is 10.9. The first-order chi connectivity index (χ1) is 8.92. The van der Waals surface area contributed by atoms with Gasteiger partial charge in [0.25, 0.3) is 0 Å². The minimum atomic E-state index is 0.182. The third-order valence-corrected chi connectivity index (χ3v) is 3.41. The van der Waals surface area contributed by atoms with Crippen molar-refractivity contribution in [3.05, 3.63) is 17.2 Å². The van der Waals surface area contributed by atoms with Crippen LogP contribution in [0.15, 0.2) is 6.07 Å².